The van der Waals surface area contributed by atoms with Crippen LogP contribution in [0.3, 0.4) is 0 Å². The first kappa shape index (κ1) is 13.1. The Hall–Kier alpha value is -2.37. The van der Waals surface area contributed by atoms with Crippen molar-refractivity contribution in [2.75, 3.05) is 5.32 Å². The van der Waals surface area contributed by atoms with Crippen molar-refractivity contribution >= 4 is 11.6 Å². The molecular weight excluding hydrogens is 262 g/mol. The van der Waals surface area contributed by atoms with Crippen LogP contribution in [0.2, 0.25) is 0 Å². The average molecular weight is 269 g/mol. The number of nitrogens with one attached hydrogen (secondary N) is 1. The highest BCUT2D eigenvalue weighted by Gasteiger charge is 2.14. The van der Waals surface area contributed by atoms with Crippen molar-refractivity contribution in [1.82, 2.24) is 0 Å². The van der Waals surface area contributed by atoms with Crippen molar-refractivity contribution < 1.29 is 22.4 Å². The molecule has 2 nitrogen and oxygen atoms in total. The van der Waals surface area contributed by atoms with Crippen LogP contribution in [0.25, 0.3) is 0 Å². The van der Waals surface area contributed by atoms with Crippen molar-refractivity contribution in [1.29, 1.82) is 0 Å². The van der Waals surface area contributed by atoms with E-state index in [1.54, 1.807) is 0 Å². The number of carbonyl (C=O) groups excluding carboxylic acids is 1. The van der Waals surface area contributed by atoms with Crippen LogP contribution in [0.15, 0.2) is 36.4 Å². The lowest BCUT2D eigenvalue weighted by molar-refractivity contribution is 0.102. The molecule has 6 heteroatoms. The number of hydrogen-bond acceptors (Lipinski definition) is 1. The van der Waals surface area contributed by atoms with E-state index < -0.39 is 40.4 Å². The molecule has 0 heterocycles. The maximum absolute atomic E-state index is 13.3. The molecular formula is C13H7F4NO. The van der Waals surface area contributed by atoms with Crippen LogP contribution in [0.5, 0.6) is 0 Å². The minimum Gasteiger partial charge on any atom is -0.319 e. The van der Waals surface area contributed by atoms with Crippen molar-refractivity contribution in [3.05, 3.63) is 65.2 Å². The fraction of sp³-hybridized carbons (Fsp3) is 0. The Balaban J connectivity index is 2.28. The highest BCUT2D eigenvalue weighted by atomic mass is 19.1. The van der Waals surface area contributed by atoms with Gasteiger partial charge in [0.05, 0.1) is 11.3 Å². The molecule has 0 fully saturated rings. The first-order chi connectivity index (χ1) is 8.97. The topological polar surface area (TPSA) is 29.1 Å². The summed E-state index contributed by atoms with van der Waals surface area (Å²) in [5.41, 5.74) is -0.890. The van der Waals surface area contributed by atoms with Gasteiger partial charge in [-0.05, 0) is 24.3 Å². The number of halogens is 4. The van der Waals surface area contributed by atoms with Gasteiger partial charge >= 0.3 is 0 Å². The summed E-state index contributed by atoms with van der Waals surface area (Å²) in [6.07, 6.45) is 0. The normalized spacial score (nSPS) is 10.3. The summed E-state index contributed by atoms with van der Waals surface area (Å²) >= 11 is 0. The van der Waals surface area contributed by atoms with Gasteiger partial charge in [0, 0.05) is 12.1 Å². The lowest BCUT2D eigenvalue weighted by atomic mass is 10.2. The van der Waals surface area contributed by atoms with Crippen molar-refractivity contribution in [2.45, 2.75) is 0 Å². The van der Waals surface area contributed by atoms with E-state index in [0.29, 0.717) is 6.07 Å². The minimum absolute atomic E-state index is 0.422. The highest BCUT2D eigenvalue weighted by molar-refractivity contribution is 6.04. The first-order valence-corrected chi connectivity index (χ1v) is 5.19. The maximum Gasteiger partial charge on any atom is 0.258 e. The molecule has 0 bridgehead atoms. The van der Waals surface area contributed by atoms with Gasteiger partial charge < -0.3 is 5.32 Å². The molecule has 2 aromatic carbocycles. The fourth-order valence-electron chi connectivity index (χ4n) is 1.46. The summed E-state index contributed by atoms with van der Waals surface area (Å²) in [6.45, 7) is 0. The van der Waals surface area contributed by atoms with Gasteiger partial charge in [0.2, 0.25) is 0 Å². The Labute approximate surface area is 105 Å². The summed E-state index contributed by atoms with van der Waals surface area (Å²) < 4.78 is 52.2. The summed E-state index contributed by atoms with van der Waals surface area (Å²) in [7, 11) is 0. The van der Waals surface area contributed by atoms with E-state index >= 15 is 0 Å². The molecule has 0 aliphatic carbocycles. The molecule has 0 aliphatic heterocycles. The Bertz CT molecular complexity index is 643. The Morgan fingerprint density at radius 1 is 0.842 bits per heavy atom. The Kier molecular flexibility index (Phi) is 3.50. The Morgan fingerprint density at radius 3 is 2.16 bits per heavy atom. The molecule has 0 spiro atoms. The van der Waals surface area contributed by atoms with Gasteiger partial charge in [-0.2, -0.15) is 0 Å². The smallest absolute Gasteiger partial charge is 0.258 e. The SMILES string of the molecule is O=C(Nc1cc(F)ccc1F)c1ccc(F)cc1F. The molecule has 1 amide bonds. The van der Waals surface area contributed by atoms with Gasteiger partial charge in [0.15, 0.2) is 0 Å². The van der Waals surface area contributed by atoms with E-state index in [4.69, 9.17) is 0 Å². The lowest BCUT2D eigenvalue weighted by Gasteiger charge is -2.07. The number of amides is 1. The summed E-state index contributed by atoms with van der Waals surface area (Å²) in [6, 6.07) is 4.79. The van der Waals surface area contributed by atoms with Gasteiger partial charge in [-0.3, -0.25) is 4.79 Å². The molecule has 0 radical (unpaired) electrons. The van der Waals surface area contributed by atoms with Crippen molar-refractivity contribution in [2.24, 2.45) is 0 Å². The molecule has 2 aromatic rings. The van der Waals surface area contributed by atoms with Gasteiger partial charge in [0.1, 0.15) is 23.3 Å². The second-order valence-electron chi connectivity index (χ2n) is 3.70. The molecule has 19 heavy (non-hydrogen) atoms. The predicted molar refractivity (Wildman–Crippen MR) is 60.7 cm³/mol. The zero-order chi connectivity index (χ0) is 14.0. The molecule has 0 atom stereocenters. The molecule has 0 saturated carbocycles. The lowest BCUT2D eigenvalue weighted by Crippen LogP contribution is -2.15. The van der Waals surface area contributed by atoms with E-state index in [1.165, 1.54) is 0 Å². The van der Waals surface area contributed by atoms with Crippen molar-refractivity contribution in [3.63, 3.8) is 0 Å². The standard InChI is InChI=1S/C13H7F4NO/c14-7-1-3-9(11(17)5-7)13(19)18-12-6-8(15)2-4-10(12)16/h1-6H,(H,18,19). The van der Waals surface area contributed by atoms with E-state index in [-0.39, 0.29) is 0 Å². The molecule has 0 unspecified atom stereocenters. The molecule has 0 aliphatic rings. The van der Waals surface area contributed by atoms with Gasteiger partial charge in [-0.25, -0.2) is 17.6 Å². The second kappa shape index (κ2) is 5.09. The van der Waals surface area contributed by atoms with Crippen LogP contribution in [-0.4, -0.2) is 5.91 Å². The maximum atomic E-state index is 13.3. The third-order valence-corrected chi connectivity index (χ3v) is 2.35. The zero-order valence-electron chi connectivity index (χ0n) is 9.38. The number of rotatable bonds is 2. The monoisotopic (exact) mass is 269 g/mol. The van der Waals surface area contributed by atoms with Gasteiger partial charge in [-0.1, -0.05) is 0 Å². The Morgan fingerprint density at radius 2 is 1.47 bits per heavy atom. The van der Waals surface area contributed by atoms with E-state index in [2.05, 4.69) is 0 Å². The number of benzene rings is 2. The highest BCUT2D eigenvalue weighted by Crippen LogP contribution is 2.17. The zero-order valence-corrected chi connectivity index (χ0v) is 9.38. The summed E-state index contributed by atoms with van der Waals surface area (Å²) in [5, 5.41) is 2.01. The van der Waals surface area contributed by atoms with E-state index in [9.17, 15) is 22.4 Å². The third-order valence-electron chi connectivity index (χ3n) is 2.35. The van der Waals surface area contributed by atoms with E-state index in [1.807, 2.05) is 5.32 Å². The fourth-order valence-corrected chi connectivity index (χ4v) is 1.46. The van der Waals surface area contributed by atoms with Crippen LogP contribution in [0, 0.1) is 23.3 Å². The quantitative estimate of drug-likeness (QED) is 0.831. The number of carbonyl (C=O) groups is 1. The minimum atomic E-state index is -1.09. The van der Waals surface area contributed by atoms with Crippen LogP contribution in [0.4, 0.5) is 23.2 Å². The second-order valence-corrected chi connectivity index (χ2v) is 3.70. The molecule has 0 saturated heterocycles. The summed E-state index contributed by atoms with van der Waals surface area (Å²) in [4.78, 5) is 11.6. The molecule has 2 rings (SSSR count). The predicted octanol–water partition coefficient (Wildman–Crippen LogP) is 3.50. The number of anilines is 1. The van der Waals surface area contributed by atoms with Crippen molar-refractivity contribution in [3.8, 4) is 0 Å². The van der Waals surface area contributed by atoms with Gasteiger partial charge in [0.25, 0.3) is 5.91 Å². The summed E-state index contributed by atoms with van der Waals surface area (Å²) in [5.74, 6) is -4.55. The molecule has 1 N–H and O–H groups in total. The van der Waals surface area contributed by atoms with E-state index in [0.717, 1.165) is 30.3 Å². The van der Waals surface area contributed by atoms with Crippen LogP contribution in [-0.2, 0) is 0 Å². The van der Waals surface area contributed by atoms with Gasteiger partial charge in [-0.15, -0.1) is 0 Å². The largest absolute Gasteiger partial charge is 0.319 e. The van der Waals surface area contributed by atoms with Crippen LogP contribution >= 0.6 is 0 Å². The average Bonchev–Trinajstić information content (AvgIpc) is 2.33. The first-order valence-electron chi connectivity index (χ1n) is 5.19. The van der Waals surface area contributed by atoms with Crippen LogP contribution < -0.4 is 5.32 Å². The molecule has 0 aromatic heterocycles. The number of hydrogen-bond donors (Lipinski definition) is 1. The molecule has 98 valence electrons. The van der Waals surface area contributed by atoms with Crippen LogP contribution in [0.1, 0.15) is 10.4 Å². The third kappa shape index (κ3) is 2.90.